The molecule has 0 aromatic heterocycles. The second-order valence-corrected chi connectivity index (χ2v) is 4.41. The highest BCUT2D eigenvalue weighted by Crippen LogP contribution is 2.24. The van der Waals surface area contributed by atoms with Crippen molar-refractivity contribution >= 4 is 23.2 Å². The third-order valence-electron chi connectivity index (χ3n) is 2.33. The summed E-state index contributed by atoms with van der Waals surface area (Å²) in [6, 6.07) is 5.63. The lowest BCUT2D eigenvalue weighted by Crippen LogP contribution is -2.49. The number of aliphatic hydroxyl groups is 1. The van der Waals surface area contributed by atoms with Crippen LogP contribution >= 0.6 is 23.2 Å². The molecule has 1 fully saturated rings. The Bertz CT molecular complexity index is 337. The number of halogens is 2. The number of nitrogens with zero attached hydrogens (tertiary/aromatic N) is 1. The number of benzene rings is 1. The maximum absolute atomic E-state index is 9.11. The maximum Gasteiger partial charge on any atom is 0.0794 e. The van der Waals surface area contributed by atoms with Gasteiger partial charge in [0.15, 0.2) is 0 Å². The molecule has 0 atom stereocenters. The number of hydrogen-bond donors (Lipinski definition) is 1. The molecule has 2 rings (SSSR count). The molecule has 1 aromatic rings. The fraction of sp³-hybridized carbons (Fsp3) is 0.400. The van der Waals surface area contributed by atoms with Crippen molar-refractivity contribution in [1.29, 1.82) is 0 Å². The number of β-amino-alcohol motifs (C(OH)–C–C–N with tert-alkyl or cyclic N) is 1. The highest BCUT2D eigenvalue weighted by molar-refractivity contribution is 6.42. The van der Waals surface area contributed by atoms with Gasteiger partial charge in [-0.15, -0.1) is 0 Å². The summed E-state index contributed by atoms with van der Waals surface area (Å²) in [6.07, 6.45) is -0.155. The van der Waals surface area contributed by atoms with Crippen molar-refractivity contribution in [1.82, 2.24) is 4.90 Å². The number of aliphatic hydroxyl groups excluding tert-OH is 1. The summed E-state index contributed by atoms with van der Waals surface area (Å²) < 4.78 is 0. The van der Waals surface area contributed by atoms with Gasteiger partial charge in [-0.3, -0.25) is 4.90 Å². The van der Waals surface area contributed by atoms with E-state index >= 15 is 0 Å². The molecule has 1 aromatic carbocycles. The van der Waals surface area contributed by atoms with Crippen LogP contribution in [0.1, 0.15) is 5.56 Å². The SMILES string of the molecule is OC1CN(Cc2ccc(Cl)c(Cl)c2)C1. The zero-order chi connectivity index (χ0) is 10.1. The van der Waals surface area contributed by atoms with Crippen LogP contribution < -0.4 is 0 Å². The van der Waals surface area contributed by atoms with Crippen LogP contribution in [0, 0.1) is 0 Å². The molecule has 0 spiro atoms. The van der Waals surface area contributed by atoms with Gasteiger partial charge >= 0.3 is 0 Å². The average molecular weight is 232 g/mol. The van der Waals surface area contributed by atoms with Gasteiger partial charge in [-0.2, -0.15) is 0 Å². The minimum atomic E-state index is -0.155. The second kappa shape index (κ2) is 4.07. The van der Waals surface area contributed by atoms with Crippen molar-refractivity contribution in [2.45, 2.75) is 12.6 Å². The largest absolute Gasteiger partial charge is 0.390 e. The van der Waals surface area contributed by atoms with E-state index in [0.29, 0.717) is 10.0 Å². The first kappa shape index (κ1) is 10.2. The fourth-order valence-electron chi connectivity index (χ4n) is 1.57. The smallest absolute Gasteiger partial charge is 0.0794 e. The molecule has 76 valence electrons. The summed E-state index contributed by atoms with van der Waals surface area (Å²) in [5.41, 5.74) is 1.13. The van der Waals surface area contributed by atoms with Crippen molar-refractivity contribution in [2.24, 2.45) is 0 Å². The minimum Gasteiger partial charge on any atom is -0.390 e. The molecular weight excluding hydrogens is 221 g/mol. The van der Waals surface area contributed by atoms with Gasteiger partial charge in [0.25, 0.3) is 0 Å². The molecule has 0 radical (unpaired) electrons. The van der Waals surface area contributed by atoms with E-state index in [4.69, 9.17) is 28.3 Å². The first-order chi connectivity index (χ1) is 6.65. The van der Waals surface area contributed by atoms with E-state index in [1.54, 1.807) is 6.07 Å². The van der Waals surface area contributed by atoms with Gasteiger partial charge in [0, 0.05) is 19.6 Å². The Hall–Kier alpha value is -0.280. The Morgan fingerprint density at radius 1 is 1.29 bits per heavy atom. The first-order valence-corrected chi connectivity index (χ1v) is 5.25. The molecule has 14 heavy (non-hydrogen) atoms. The quantitative estimate of drug-likeness (QED) is 0.844. The third kappa shape index (κ3) is 2.20. The van der Waals surface area contributed by atoms with Crippen molar-refractivity contribution in [3.05, 3.63) is 33.8 Å². The van der Waals surface area contributed by atoms with Gasteiger partial charge in [0.1, 0.15) is 0 Å². The predicted octanol–water partition coefficient (Wildman–Crippen LogP) is 2.17. The van der Waals surface area contributed by atoms with E-state index in [0.717, 1.165) is 25.2 Å². The summed E-state index contributed by atoms with van der Waals surface area (Å²) in [4.78, 5) is 2.16. The first-order valence-electron chi connectivity index (χ1n) is 4.49. The summed E-state index contributed by atoms with van der Waals surface area (Å²) in [7, 11) is 0. The zero-order valence-corrected chi connectivity index (χ0v) is 9.09. The van der Waals surface area contributed by atoms with Crippen molar-refractivity contribution in [3.63, 3.8) is 0 Å². The van der Waals surface area contributed by atoms with Crippen LogP contribution in [-0.4, -0.2) is 29.2 Å². The topological polar surface area (TPSA) is 23.5 Å². The van der Waals surface area contributed by atoms with Crippen LogP contribution in [0.25, 0.3) is 0 Å². The Kier molecular flexibility index (Phi) is 2.98. The molecule has 0 amide bonds. The second-order valence-electron chi connectivity index (χ2n) is 3.60. The molecule has 4 heteroatoms. The molecule has 0 saturated carbocycles. The van der Waals surface area contributed by atoms with E-state index < -0.39 is 0 Å². The van der Waals surface area contributed by atoms with E-state index in [1.165, 1.54) is 0 Å². The third-order valence-corrected chi connectivity index (χ3v) is 3.07. The minimum absolute atomic E-state index is 0.155. The predicted molar refractivity (Wildman–Crippen MR) is 57.7 cm³/mol. The lowest BCUT2D eigenvalue weighted by Gasteiger charge is -2.35. The standard InChI is InChI=1S/C10H11Cl2NO/c11-9-2-1-7(3-10(9)12)4-13-5-8(14)6-13/h1-3,8,14H,4-6H2. The van der Waals surface area contributed by atoms with Gasteiger partial charge in [0.05, 0.1) is 16.1 Å². The molecule has 0 aliphatic carbocycles. The molecular formula is C10H11Cl2NO. The highest BCUT2D eigenvalue weighted by Gasteiger charge is 2.23. The Balaban J connectivity index is 2.00. The van der Waals surface area contributed by atoms with Gasteiger partial charge < -0.3 is 5.11 Å². The lowest BCUT2D eigenvalue weighted by atomic mass is 10.1. The molecule has 1 heterocycles. The van der Waals surface area contributed by atoms with E-state index in [1.807, 2.05) is 12.1 Å². The monoisotopic (exact) mass is 231 g/mol. The lowest BCUT2D eigenvalue weighted by molar-refractivity contribution is -0.00286. The van der Waals surface area contributed by atoms with Gasteiger partial charge in [-0.05, 0) is 17.7 Å². The van der Waals surface area contributed by atoms with Crippen LogP contribution in [0.2, 0.25) is 10.0 Å². The zero-order valence-electron chi connectivity index (χ0n) is 7.58. The van der Waals surface area contributed by atoms with Crippen LogP contribution in [-0.2, 0) is 6.54 Å². The van der Waals surface area contributed by atoms with Gasteiger partial charge in [0.2, 0.25) is 0 Å². The van der Waals surface area contributed by atoms with E-state index in [-0.39, 0.29) is 6.10 Å². The summed E-state index contributed by atoms with van der Waals surface area (Å²) in [5, 5.41) is 10.3. The summed E-state index contributed by atoms with van der Waals surface area (Å²) in [5.74, 6) is 0. The van der Waals surface area contributed by atoms with Gasteiger partial charge in [-0.25, -0.2) is 0 Å². The maximum atomic E-state index is 9.11. The number of hydrogen-bond acceptors (Lipinski definition) is 2. The van der Waals surface area contributed by atoms with E-state index in [2.05, 4.69) is 4.90 Å². The Morgan fingerprint density at radius 3 is 2.57 bits per heavy atom. The molecule has 0 bridgehead atoms. The summed E-state index contributed by atoms with van der Waals surface area (Å²) in [6.45, 7) is 2.33. The summed E-state index contributed by atoms with van der Waals surface area (Å²) >= 11 is 11.7. The van der Waals surface area contributed by atoms with E-state index in [9.17, 15) is 0 Å². The molecule has 2 nitrogen and oxygen atoms in total. The molecule has 1 aliphatic rings. The Morgan fingerprint density at radius 2 is 2.00 bits per heavy atom. The van der Waals surface area contributed by atoms with Crippen LogP contribution in [0.4, 0.5) is 0 Å². The highest BCUT2D eigenvalue weighted by atomic mass is 35.5. The average Bonchev–Trinajstić information content (AvgIpc) is 2.09. The molecule has 1 N–H and O–H groups in total. The molecule has 1 aliphatic heterocycles. The normalized spacial score (nSPS) is 18.2. The van der Waals surface area contributed by atoms with Gasteiger partial charge in [-0.1, -0.05) is 29.3 Å². The van der Waals surface area contributed by atoms with Crippen molar-refractivity contribution in [2.75, 3.05) is 13.1 Å². The number of rotatable bonds is 2. The fourth-order valence-corrected chi connectivity index (χ4v) is 1.89. The van der Waals surface area contributed by atoms with Crippen LogP contribution in [0.3, 0.4) is 0 Å². The molecule has 1 saturated heterocycles. The van der Waals surface area contributed by atoms with Crippen LogP contribution in [0.15, 0.2) is 18.2 Å². The van der Waals surface area contributed by atoms with Crippen molar-refractivity contribution < 1.29 is 5.11 Å². The van der Waals surface area contributed by atoms with Crippen LogP contribution in [0.5, 0.6) is 0 Å². The Labute approximate surface area is 93.0 Å². The van der Waals surface area contributed by atoms with Crippen molar-refractivity contribution in [3.8, 4) is 0 Å². The molecule has 0 unspecified atom stereocenters. The number of likely N-dealkylation sites (tertiary alicyclic amines) is 1.